The van der Waals surface area contributed by atoms with Crippen molar-refractivity contribution in [3.05, 3.63) is 26.4 Å². The molecule has 0 saturated heterocycles. The molecule has 7 heteroatoms. The Labute approximate surface area is 136 Å². The molecular formula is C16H28N4O3. The first-order chi connectivity index (χ1) is 10.5. The fourth-order valence-electron chi connectivity index (χ4n) is 2.41. The minimum atomic E-state index is -0.721. The van der Waals surface area contributed by atoms with Crippen LogP contribution in [0.3, 0.4) is 0 Å². The van der Waals surface area contributed by atoms with E-state index in [-0.39, 0.29) is 35.2 Å². The van der Waals surface area contributed by atoms with Crippen LogP contribution in [0.4, 0.5) is 5.82 Å². The Hall–Kier alpha value is -1.89. The molecule has 0 amide bonds. The molecule has 130 valence electrons. The van der Waals surface area contributed by atoms with Crippen LogP contribution in [0.15, 0.2) is 9.59 Å². The lowest BCUT2D eigenvalue weighted by molar-refractivity contribution is 0.0852. The van der Waals surface area contributed by atoms with E-state index in [1.165, 1.54) is 4.57 Å². The summed E-state index contributed by atoms with van der Waals surface area (Å²) in [6.07, 6.45) is 0.671. The van der Waals surface area contributed by atoms with Gasteiger partial charge in [0.15, 0.2) is 5.78 Å². The molecule has 0 aliphatic heterocycles. The SMILES string of the molecule is CCCn1c(N)c(C(=O)CN(C)C(C)C(C)(C)C)c(=O)[nH]c1=O. The zero-order chi connectivity index (χ0) is 17.9. The van der Waals surface area contributed by atoms with Crippen molar-refractivity contribution in [2.45, 2.75) is 53.6 Å². The summed E-state index contributed by atoms with van der Waals surface area (Å²) in [5, 5.41) is 0. The zero-order valence-electron chi connectivity index (χ0n) is 14.9. The number of anilines is 1. The molecule has 0 spiro atoms. The average Bonchev–Trinajstić information content (AvgIpc) is 2.41. The first kappa shape index (κ1) is 19.2. The number of nitrogens with one attached hydrogen (secondary N) is 1. The molecule has 0 aliphatic carbocycles. The van der Waals surface area contributed by atoms with Crippen LogP contribution in [0, 0.1) is 5.41 Å². The maximum Gasteiger partial charge on any atom is 0.329 e. The number of aromatic amines is 1. The van der Waals surface area contributed by atoms with Crippen molar-refractivity contribution in [2.24, 2.45) is 5.41 Å². The summed E-state index contributed by atoms with van der Waals surface area (Å²) in [5.74, 6) is -0.436. The molecule has 1 aromatic rings. The Morgan fingerprint density at radius 1 is 1.35 bits per heavy atom. The van der Waals surface area contributed by atoms with Crippen LogP contribution in [-0.2, 0) is 6.54 Å². The van der Waals surface area contributed by atoms with Crippen LogP contribution < -0.4 is 17.0 Å². The Morgan fingerprint density at radius 2 is 1.91 bits per heavy atom. The minimum Gasteiger partial charge on any atom is -0.384 e. The number of rotatable bonds is 6. The number of nitrogen functional groups attached to an aromatic ring is 1. The van der Waals surface area contributed by atoms with Gasteiger partial charge in [-0.3, -0.25) is 24.0 Å². The van der Waals surface area contributed by atoms with Crippen molar-refractivity contribution < 1.29 is 4.79 Å². The van der Waals surface area contributed by atoms with Crippen molar-refractivity contribution in [3.63, 3.8) is 0 Å². The maximum atomic E-state index is 12.5. The number of ketones is 1. The van der Waals surface area contributed by atoms with Crippen molar-refractivity contribution >= 4 is 11.6 Å². The van der Waals surface area contributed by atoms with Crippen LogP contribution >= 0.6 is 0 Å². The Morgan fingerprint density at radius 3 is 2.39 bits per heavy atom. The van der Waals surface area contributed by atoms with Crippen molar-refractivity contribution in [3.8, 4) is 0 Å². The number of hydrogen-bond acceptors (Lipinski definition) is 5. The number of likely N-dealkylation sites (N-methyl/N-ethyl adjacent to an activating group) is 1. The van der Waals surface area contributed by atoms with E-state index in [0.717, 1.165) is 0 Å². The third-order valence-electron chi connectivity index (χ3n) is 4.27. The maximum absolute atomic E-state index is 12.5. The topological polar surface area (TPSA) is 101 Å². The lowest BCUT2D eigenvalue weighted by Crippen LogP contribution is -2.44. The third kappa shape index (κ3) is 4.31. The van der Waals surface area contributed by atoms with E-state index in [1.807, 2.05) is 25.8 Å². The van der Waals surface area contributed by atoms with E-state index in [1.54, 1.807) is 0 Å². The number of carbonyl (C=O) groups is 1. The smallest absolute Gasteiger partial charge is 0.329 e. The molecule has 0 saturated carbocycles. The summed E-state index contributed by atoms with van der Waals surface area (Å²) in [5.41, 5.74) is 4.47. The van der Waals surface area contributed by atoms with Crippen LogP contribution in [0.25, 0.3) is 0 Å². The molecule has 0 bridgehead atoms. The van der Waals surface area contributed by atoms with Gasteiger partial charge in [0, 0.05) is 12.6 Å². The van der Waals surface area contributed by atoms with Crippen LogP contribution in [0.5, 0.6) is 0 Å². The van der Waals surface area contributed by atoms with Gasteiger partial charge in [-0.15, -0.1) is 0 Å². The normalized spacial score (nSPS) is 13.3. The van der Waals surface area contributed by atoms with Gasteiger partial charge in [-0.2, -0.15) is 0 Å². The molecule has 3 N–H and O–H groups in total. The summed E-state index contributed by atoms with van der Waals surface area (Å²) < 4.78 is 1.24. The van der Waals surface area contributed by atoms with Gasteiger partial charge in [0.25, 0.3) is 5.56 Å². The first-order valence-electron chi connectivity index (χ1n) is 7.86. The minimum absolute atomic E-state index is 0.00596. The predicted octanol–water partition coefficient (Wildman–Crippen LogP) is 1.08. The average molecular weight is 324 g/mol. The van der Waals surface area contributed by atoms with Gasteiger partial charge in [0.1, 0.15) is 11.4 Å². The lowest BCUT2D eigenvalue weighted by atomic mass is 9.87. The summed E-state index contributed by atoms with van der Waals surface area (Å²) >= 11 is 0. The van der Waals surface area contributed by atoms with Crippen molar-refractivity contribution in [2.75, 3.05) is 19.3 Å². The van der Waals surface area contributed by atoms with Gasteiger partial charge >= 0.3 is 5.69 Å². The number of carbonyl (C=O) groups excluding carboxylic acids is 1. The summed E-state index contributed by atoms with van der Waals surface area (Å²) in [6.45, 7) is 10.6. The first-order valence-corrected chi connectivity index (χ1v) is 7.86. The van der Waals surface area contributed by atoms with E-state index < -0.39 is 11.2 Å². The van der Waals surface area contributed by atoms with Crippen LogP contribution in [0.2, 0.25) is 0 Å². The van der Waals surface area contributed by atoms with Crippen LogP contribution in [0.1, 0.15) is 51.4 Å². The van der Waals surface area contributed by atoms with E-state index in [0.29, 0.717) is 13.0 Å². The molecule has 0 fully saturated rings. The molecular weight excluding hydrogens is 296 g/mol. The summed E-state index contributed by atoms with van der Waals surface area (Å²) in [4.78, 5) is 40.4. The van der Waals surface area contributed by atoms with Gasteiger partial charge < -0.3 is 5.73 Å². The van der Waals surface area contributed by atoms with E-state index >= 15 is 0 Å². The molecule has 0 aromatic carbocycles. The molecule has 0 radical (unpaired) electrons. The Balaban J connectivity index is 3.17. The van der Waals surface area contributed by atoms with Gasteiger partial charge in [0.05, 0.1) is 6.54 Å². The molecule has 0 aliphatic rings. The number of H-pyrrole nitrogens is 1. The van der Waals surface area contributed by atoms with Gasteiger partial charge in [0.2, 0.25) is 0 Å². The van der Waals surface area contributed by atoms with Crippen molar-refractivity contribution in [1.29, 1.82) is 0 Å². The highest BCUT2D eigenvalue weighted by Gasteiger charge is 2.27. The number of Topliss-reactive ketones (excluding diaryl/α,β-unsaturated/α-hetero) is 1. The highest BCUT2D eigenvalue weighted by atomic mass is 16.2. The molecule has 23 heavy (non-hydrogen) atoms. The van der Waals surface area contributed by atoms with Gasteiger partial charge in [-0.25, -0.2) is 4.79 Å². The molecule has 1 heterocycles. The number of nitrogens with zero attached hydrogens (tertiary/aromatic N) is 2. The fraction of sp³-hybridized carbons (Fsp3) is 0.688. The third-order valence-corrected chi connectivity index (χ3v) is 4.27. The molecule has 1 unspecified atom stereocenters. The van der Waals surface area contributed by atoms with Crippen molar-refractivity contribution in [1.82, 2.24) is 14.5 Å². The fourth-order valence-corrected chi connectivity index (χ4v) is 2.41. The van der Waals surface area contributed by atoms with E-state index in [2.05, 4.69) is 25.8 Å². The van der Waals surface area contributed by atoms with Gasteiger partial charge in [-0.1, -0.05) is 27.7 Å². The highest BCUT2D eigenvalue weighted by molar-refractivity contribution is 6.01. The summed E-state index contributed by atoms with van der Waals surface area (Å²) in [6, 6.07) is 0.133. The molecule has 7 nitrogen and oxygen atoms in total. The van der Waals surface area contributed by atoms with Gasteiger partial charge in [-0.05, 0) is 25.8 Å². The second-order valence-electron chi connectivity index (χ2n) is 7.05. The quantitative estimate of drug-likeness (QED) is 0.762. The standard InChI is InChI=1S/C16H28N4O3/c1-7-8-20-13(17)12(14(22)18-15(20)23)11(21)9-19(6)10(2)16(3,4)5/h10H,7-9,17H2,1-6H3,(H,18,22,23). The largest absolute Gasteiger partial charge is 0.384 e. The number of hydrogen-bond donors (Lipinski definition) is 2. The van der Waals surface area contributed by atoms with E-state index in [9.17, 15) is 14.4 Å². The zero-order valence-corrected chi connectivity index (χ0v) is 14.9. The Bertz CT molecular complexity index is 682. The lowest BCUT2D eigenvalue weighted by Gasteiger charge is -2.34. The highest BCUT2D eigenvalue weighted by Crippen LogP contribution is 2.23. The second-order valence-corrected chi connectivity index (χ2v) is 7.05. The predicted molar refractivity (Wildman–Crippen MR) is 91.9 cm³/mol. The van der Waals surface area contributed by atoms with Crippen LogP contribution in [-0.4, -0.2) is 39.9 Å². The monoisotopic (exact) mass is 324 g/mol. The van der Waals surface area contributed by atoms with E-state index in [4.69, 9.17) is 5.73 Å². The molecule has 1 rings (SSSR count). The summed E-state index contributed by atoms with van der Waals surface area (Å²) in [7, 11) is 1.83. The molecule has 1 aromatic heterocycles. The number of nitrogens with two attached hydrogens (primary N) is 1. The second kappa shape index (κ2) is 7.12. The Kier molecular flexibility index (Phi) is 5.93. The molecule has 1 atom stereocenters. The number of aromatic nitrogens is 2.